The molecule has 1 aliphatic rings. The SMILES string of the molecule is CCOc1ccc(S(=O)(=O)N2CCC(N)CC2C)cc1C. The number of nitrogens with zero attached hydrogens (tertiary/aromatic N) is 1. The van der Waals surface area contributed by atoms with Gasteiger partial charge in [0.15, 0.2) is 0 Å². The lowest BCUT2D eigenvalue weighted by Gasteiger charge is -2.35. The van der Waals surface area contributed by atoms with E-state index < -0.39 is 10.0 Å². The first-order valence-corrected chi connectivity index (χ1v) is 8.81. The third-order valence-electron chi connectivity index (χ3n) is 3.91. The maximum absolute atomic E-state index is 12.8. The Morgan fingerprint density at radius 3 is 2.71 bits per heavy atom. The molecule has 0 aromatic heterocycles. The van der Waals surface area contributed by atoms with Gasteiger partial charge in [-0.2, -0.15) is 4.31 Å². The quantitative estimate of drug-likeness (QED) is 0.921. The monoisotopic (exact) mass is 312 g/mol. The Labute approximate surface area is 127 Å². The Kier molecular flexibility index (Phi) is 4.91. The second-order valence-electron chi connectivity index (χ2n) is 5.61. The van der Waals surface area contributed by atoms with Crippen molar-refractivity contribution in [1.82, 2.24) is 4.31 Å². The normalized spacial score (nSPS) is 24.0. The van der Waals surface area contributed by atoms with Crippen molar-refractivity contribution < 1.29 is 13.2 Å². The molecule has 1 aromatic rings. The molecule has 1 aliphatic heterocycles. The van der Waals surface area contributed by atoms with Gasteiger partial charge in [-0.3, -0.25) is 0 Å². The molecule has 2 N–H and O–H groups in total. The zero-order valence-electron chi connectivity index (χ0n) is 12.9. The summed E-state index contributed by atoms with van der Waals surface area (Å²) >= 11 is 0. The molecule has 2 unspecified atom stereocenters. The molecule has 0 spiro atoms. The zero-order chi connectivity index (χ0) is 15.6. The minimum atomic E-state index is -3.47. The topological polar surface area (TPSA) is 72.6 Å². The molecule has 118 valence electrons. The van der Waals surface area contributed by atoms with Gasteiger partial charge in [-0.1, -0.05) is 0 Å². The van der Waals surface area contributed by atoms with Crippen LogP contribution in [0.5, 0.6) is 5.75 Å². The van der Waals surface area contributed by atoms with Crippen molar-refractivity contribution in [3.05, 3.63) is 23.8 Å². The summed E-state index contributed by atoms with van der Waals surface area (Å²) in [7, 11) is -3.47. The number of nitrogens with two attached hydrogens (primary N) is 1. The molecule has 21 heavy (non-hydrogen) atoms. The van der Waals surface area contributed by atoms with Crippen molar-refractivity contribution >= 4 is 10.0 Å². The Balaban J connectivity index is 2.29. The van der Waals surface area contributed by atoms with Gasteiger partial charge in [-0.05, 0) is 57.4 Å². The van der Waals surface area contributed by atoms with Crippen LogP contribution in [0.4, 0.5) is 0 Å². The van der Waals surface area contributed by atoms with Crippen LogP contribution in [0, 0.1) is 6.92 Å². The lowest BCUT2D eigenvalue weighted by molar-refractivity contribution is 0.247. The van der Waals surface area contributed by atoms with E-state index in [0.717, 1.165) is 11.3 Å². The average Bonchev–Trinajstić information content (AvgIpc) is 2.40. The van der Waals surface area contributed by atoms with Gasteiger partial charge < -0.3 is 10.5 Å². The van der Waals surface area contributed by atoms with Crippen LogP contribution in [0.15, 0.2) is 23.1 Å². The highest BCUT2D eigenvalue weighted by molar-refractivity contribution is 7.89. The van der Waals surface area contributed by atoms with Crippen molar-refractivity contribution in [1.29, 1.82) is 0 Å². The number of rotatable bonds is 4. The molecule has 1 saturated heterocycles. The number of hydrogen-bond donors (Lipinski definition) is 1. The molecule has 5 nitrogen and oxygen atoms in total. The third kappa shape index (κ3) is 3.39. The average molecular weight is 312 g/mol. The number of sulfonamides is 1. The molecule has 0 saturated carbocycles. The van der Waals surface area contributed by atoms with E-state index in [2.05, 4.69) is 0 Å². The fourth-order valence-electron chi connectivity index (χ4n) is 2.78. The maximum Gasteiger partial charge on any atom is 0.243 e. The maximum atomic E-state index is 12.8. The van der Waals surface area contributed by atoms with Gasteiger partial charge in [-0.25, -0.2) is 8.42 Å². The van der Waals surface area contributed by atoms with Crippen molar-refractivity contribution in [2.45, 2.75) is 50.6 Å². The summed E-state index contributed by atoms with van der Waals surface area (Å²) in [5.74, 6) is 0.727. The minimum Gasteiger partial charge on any atom is -0.494 e. The number of aryl methyl sites for hydroxylation is 1. The fraction of sp³-hybridized carbons (Fsp3) is 0.600. The third-order valence-corrected chi connectivity index (χ3v) is 5.92. The van der Waals surface area contributed by atoms with Crippen LogP contribution in [0.3, 0.4) is 0 Å². The van der Waals surface area contributed by atoms with Gasteiger partial charge in [0.25, 0.3) is 0 Å². The van der Waals surface area contributed by atoms with E-state index in [1.54, 1.807) is 22.5 Å². The summed E-state index contributed by atoms with van der Waals surface area (Å²) in [5, 5.41) is 0. The molecule has 1 aromatic carbocycles. The molecule has 1 heterocycles. The van der Waals surface area contributed by atoms with Crippen LogP contribution in [0.25, 0.3) is 0 Å². The van der Waals surface area contributed by atoms with Crippen LogP contribution in [-0.4, -0.2) is 38.0 Å². The fourth-order valence-corrected chi connectivity index (χ4v) is 4.52. The molecule has 6 heteroatoms. The molecule has 0 amide bonds. The highest BCUT2D eigenvalue weighted by Gasteiger charge is 2.33. The van der Waals surface area contributed by atoms with E-state index in [9.17, 15) is 8.42 Å². The van der Waals surface area contributed by atoms with Crippen molar-refractivity contribution in [3.63, 3.8) is 0 Å². The highest BCUT2D eigenvalue weighted by Crippen LogP contribution is 2.28. The van der Waals surface area contributed by atoms with Crippen LogP contribution in [0.2, 0.25) is 0 Å². The van der Waals surface area contributed by atoms with Crippen molar-refractivity contribution in [2.24, 2.45) is 5.73 Å². The molecular weight excluding hydrogens is 288 g/mol. The Morgan fingerprint density at radius 2 is 2.14 bits per heavy atom. The molecule has 0 aliphatic carbocycles. The van der Waals surface area contributed by atoms with Gasteiger partial charge >= 0.3 is 0 Å². The minimum absolute atomic E-state index is 0.0642. The zero-order valence-corrected chi connectivity index (χ0v) is 13.7. The summed E-state index contributed by atoms with van der Waals surface area (Å²) < 4.78 is 32.6. The lowest BCUT2D eigenvalue weighted by atomic mass is 10.0. The molecule has 0 radical (unpaired) electrons. The van der Waals surface area contributed by atoms with E-state index in [1.807, 2.05) is 20.8 Å². The Hall–Kier alpha value is -1.11. The second-order valence-corrected chi connectivity index (χ2v) is 7.50. The first-order valence-electron chi connectivity index (χ1n) is 7.37. The first-order chi connectivity index (χ1) is 9.86. The van der Waals surface area contributed by atoms with E-state index in [-0.39, 0.29) is 12.1 Å². The second kappa shape index (κ2) is 6.34. The van der Waals surface area contributed by atoms with Crippen LogP contribution in [0.1, 0.15) is 32.3 Å². The molecule has 2 atom stereocenters. The number of piperidine rings is 1. The van der Waals surface area contributed by atoms with E-state index in [1.165, 1.54) is 0 Å². The van der Waals surface area contributed by atoms with Crippen LogP contribution < -0.4 is 10.5 Å². The standard InChI is InChI=1S/C15H24N2O3S/c1-4-20-15-6-5-14(9-11(15)2)21(18,19)17-8-7-13(16)10-12(17)3/h5-6,9,12-13H,4,7-8,10,16H2,1-3H3. The summed E-state index contributed by atoms with van der Waals surface area (Å²) in [6.07, 6.45) is 1.41. The van der Waals surface area contributed by atoms with Crippen molar-refractivity contribution in [2.75, 3.05) is 13.2 Å². The van der Waals surface area contributed by atoms with Crippen LogP contribution in [-0.2, 0) is 10.0 Å². The van der Waals surface area contributed by atoms with Gasteiger partial charge in [0.1, 0.15) is 5.75 Å². The van der Waals surface area contributed by atoms with Gasteiger partial charge in [0, 0.05) is 18.6 Å². The molecular formula is C15H24N2O3S. The highest BCUT2D eigenvalue weighted by atomic mass is 32.2. The summed E-state index contributed by atoms with van der Waals surface area (Å²) in [5.41, 5.74) is 6.74. The molecule has 0 bridgehead atoms. The van der Waals surface area contributed by atoms with E-state index >= 15 is 0 Å². The first kappa shape index (κ1) is 16.3. The predicted molar refractivity (Wildman–Crippen MR) is 82.9 cm³/mol. The predicted octanol–water partition coefficient (Wildman–Crippen LogP) is 1.89. The van der Waals surface area contributed by atoms with Gasteiger partial charge in [0.2, 0.25) is 10.0 Å². The van der Waals surface area contributed by atoms with Gasteiger partial charge in [0.05, 0.1) is 11.5 Å². The van der Waals surface area contributed by atoms with Crippen molar-refractivity contribution in [3.8, 4) is 5.75 Å². The summed E-state index contributed by atoms with van der Waals surface area (Å²) in [4.78, 5) is 0.325. The number of hydrogen-bond acceptors (Lipinski definition) is 4. The smallest absolute Gasteiger partial charge is 0.243 e. The Morgan fingerprint density at radius 1 is 1.43 bits per heavy atom. The lowest BCUT2D eigenvalue weighted by Crippen LogP contribution is -2.48. The Bertz CT molecular complexity index is 601. The number of ether oxygens (including phenoxy) is 1. The van der Waals surface area contributed by atoms with E-state index in [4.69, 9.17) is 10.5 Å². The molecule has 1 fully saturated rings. The summed E-state index contributed by atoms with van der Waals surface area (Å²) in [6, 6.07) is 5.06. The summed E-state index contributed by atoms with van der Waals surface area (Å²) in [6.45, 7) is 6.73. The van der Waals surface area contributed by atoms with E-state index in [0.29, 0.717) is 30.9 Å². The largest absolute Gasteiger partial charge is 0.494 e. The molecule has 2 rings (SSSR count). The van der Waals surface area contributed by atoms with Gasteiger partial charge in [-0.15, -0.1) is 0 Å². The van der Waals surface area contributed by atoms with Crippen LogP contribution >= 0.6 is 0 Å². The number of benzene rings is 1.